The van der Waals surface area contributed by atoms with E-state index in [-0.39, 0.29) is 0 Å². The molecule has 0 aliphatic rings. The molecule has 0 aliphatic heterocycles. The minimum atomic E-state index is 1.18. The fraction of sp³-hybridized carbons (Fsp3) is 0.400. The fourth-order valence-corrected chi connectivity index (χ4v) is 3.84. The van der Waals surface area contributed by atoms with Crippen molar-refractivity contribution in [3.63, 3.8) is 0 Å². The van der Waals surface area contributed by atoms with E-state index in [2.05, 4.69) is 64.1 Å². The molecule has 0 N–H and O–H groups in total. The van der Waals surface area contributed by atoms with Crippen molar-refractivity contribution in [1.29, 1.82) is 0 Å². The van der Waals surface area contributed by atoms with Crippen LogP contribution in [0.2, 0.25) is 0 Å². The van der Waals surface area contributed by atoms with Gasteiger partial charge in [-0.1, -0.05) is 62.7 Å². The summed E-state index contributed by atoms with van der Waals surface area (Å²) in [7, 11) is 0. The summed E-state index contributed by atoms with van der Waals surface area (Å²) < 4.78 is 0. The summed E-state index contributed by atoms with van der Waals surface area (Å²) in [6, 6.07) is 13.4. The van der Waals surface area contributed by atoms with Gasteiger partial charge in [-0.2, -0.15) is 0 Å². The predicted molar refractivity (Wildman–Crippen MR) is 94.5 cm³/mol. The molecule has 21 heavy (non-hydrogen) atoms. The molecular formula is C20H26S. The van der Waals surface area contributed by atoms with Crippen LogP contribution in [0.25, 0.3) is 0 Å². The first-order chi connectivity index (χ1) is 10.2. The molecule has 2 aromatic rings. The van der Waals surface area contributed by atoms with Crippen LogP contribution in [0, 0.1) is 13.8 Å². The summed E-state index contributed by atoms with van der Waals surface area (Å²) >= 11 is 1.92. The van der Waals surface area contributed by atoms with Crippen molar-refractivity contribution in [2.24, 2.45) is 0 Å². The Balaban J connectivity index is 2.30. The Kier molecular flexibility index (Phi) is 5.93. The van der Waals surface area contributed by atoms with Crippen LogP contribution < -0.4 is 0 Å². The second-order valence-corrected chi connectivity index (χ2v) is 6.77. The van der Waals surface area contributed by atoms with Gasteiger partial charge in [-0.3, -0.25) is 0 Å². The zero-order valence-electron chi connectivity index (χ0n) is 13.7. The maximum atomic E-state index is 2.27. The molecule has 0 spiro atoms. The van der Waals surface area contributed by atoms with Crippen molar-refractivity contribution in [2.75, 3.05) is 0 Å². The Morgan fingerprint density at radius 1 is 0.714 bits per heavy atom. The van der Waals surface area contributed by atoms with Gasteiger partial charge in [0.2, 0.25) is 0 Å². The SMILES string of the molecule is CCCc1cccc(Sc2cccc(CCC)c2C)c1C. The van der Waals surface area contributed by atoms with Gasteiger partial charge >= 0.3 is 0 Å². The Bertz CT molecular complexity index is 545. The molecular weight excluding hydrogens is 272 g/mol. The van der Waals surface area contributed by atoms with Gasteiger partial charge < -0.3 is 0 Å². The van der Waals surface area contributed by atoms with Crippen LogP contribution in [0.3, 0.4) is 0 Å². The van der Waals surface area contributed by atoms with E-state index in [1.54, 1.807) is 0 Å². The quantitative estimate of drug-likeness (QED) is 0.598. The predicted octanol–water partition coefficient (Wildman–Crippen LogP) is 6.36. The maximum Gasteiger partial charge on any atom is 0.0154 e. The Morgan fingerprint density at radius 2 is 1.14 bits per heavy atom. The van der Waals surface area contributed by atoms with E-state index in [0.29, 0.717) is 0 Å². The smallest absolute Gasteiger partial charge is 0.0154 e. The molecule has 0 amide bonds. The normalized spacial score (nSPS) is 10.9. The first kappa shape index (κ1) is 16.2. The second-order valence-electron chi connectivity index (χ2n) is 5.68. The first-order valence-electron chi connectivity index (χ1n) is 8.02. The molecule has 1 heteroatoms. The summed E-state index contributed by atoms with van der Waals surface area (Å²) in [5, 5.41) is 0. The lowest BCUT2D eigenvalue weighted by molar-refractivity contribution is 0.903. The molecule has 0 bridgehead atoms. The summed E-state index contributed by atoms with van der Waals surface area (Å²) in [4.78, 5) is 2.80. The van der Waals surface area contributed by atoms with Gasteiger partial charge in [0.1, 0.15) is 0 Å². The van der Waals surface area contributed by atoms with Gasteiger partial charge in [-0.15, -0.1) is 0 Å². The Morgan fingerprint density at radius 3 is 1.52 bits per heavy atom. The van der Waals surface area contributed by atoms with Crippen LogP contribution in [0.4, 0.5) is 0 Å². The van der Waals surface area contributed by atoms with E-state index in [4.69, 9.17) is 0 Å². The lowest BCUT2D eigenvalue weighted by Gasteiger charge is -2.14. The summed E-state index contributed by atoms with van der Waals surface area (Å²) in [6.07, 6.45) is 4.77. The number of aryl methyl sites for hydroxylation is 2. The topological polar surface area (TPSA) is 0 Å². The molecule has 0 atom stereocenters. The molecule has 2 aromatic carbocycles. The average Bonchev–Trinajstić information content (AvgIpc) is 2.48. The van der Waals surface area contributed by atoms with Crippen molar-refractivity contribution >= 4 is 11.8 Å². The van der Waals surface area contributed by atoms with E-state index in [1.807, 2.05) is 11.8 Å². The standard InChI is InChI=1S/C20H26S/c1-5-9-17-11-7-13-19(15(17)3)21-20-14-8-12-18(10-6-2)16(20)4/h7-8,11-14H,5-6,9-10H2,1-4H3. The third kappa shape index (κ3) is 3.91. The molecule has 0 saturated carbocycles. The molecule has 2 rings (SSSR count). The Labute approximate surface area is 134 Å². The highest BCUT2D eigenvalue weighted by Gasteiger charge is 2.08. The van der Waals surface area contributed by atoms with Gasteiger partial charge in [-0.25, -0.2) is 0 Å². The van der Waals surface area contributed by atoms with Crippen LogP contribution in [0.5, 0.6) is 0 Å². The van der Waals surface area contributed by atoms with Crippen molar-refractivity contribution < 1.29 is 0 Å². The van der Waals surface area contributed by atoms with Gasteiger partial charge in [0.05, 0.1) is 0 Å². The van der Waals surface area contributed by atoms with Crippen LogP contribution in [0.15, 0.2) is 46.2 Å². The van der Waals surface area contributed by atoms with Crippen LogP contribution >= 0.6 is 11.8 Å². The van der Waals surface area contributed by atoms with E-state index in [1.165, 1.54) is 57.7 Å². The fourth-order valence-electron chi connectivity index (χ4n) is 2.74. The van der Waals surface area contributed by atoms with Crippen molar-refractivity contribution in [3.05, 3.63) is 58.7 Å². The zero-order valence-corrected chi connectivity index (χ0v) is 14.5. The van der Waals surface area contributed by atoms with E-state index in [9.17, 15) is 0 Å². The summed E-state index contributed by atoms with van der Waals surface area (Å²) in [5.41, 5.74) is 5.88. The highest BCUT2D eigenvalue weighted by Crippen LogP contribution is 2.35. The lowest BCUT2D eigenvalue weighted by Crippen LogP contribution is -1.93. The molecule has 0 aromatic heterocycles. The molecule has 112 valence electrons. The van der Waals surface area contributed by atoms with E-state index >= 15 is 0 Å². The molecule has 0 saturated heterocycles. The molecule has 0 heterocycles. The molecule has 0 nitrogen and oxygen atoms in total. The van der Waals surface area contributed by atoms with Crippen LogP contribution in [0.1, 0.15) is 48.9 Å². The molecule has 0 radical (unpaired) electrons. The number of hydrogen-bond donors (Lipinski definition) is 0. The van der Waals surface area contributed by atoms with Gasteiger partial charge in [0.15, 0.2) is 0 Å². The van der Waals surface area contributed by atoms with E-state index in [0.717, 1.165) is 0 Å². The van der Waals surface area contributed by atoms with E-state index < -0.39 is 0 Å². The number of rotatable bonds is 6. The van der Waals surface area contributed by atoms with Gasteiger partial charge in [0, 0.05) is 9.79 Å². The van der Waals surface area contributed by atoms with Gasteiger partial charge in [0.25, 0.3) is 0 Å². The second kappa shape index (κ2) is 7.70. The summed E-state index contributed by atoms with van der Waals surface area (Å²) in [6.45, 7) is 9.02. The highest BCUT2D eigenvalue weighted by atomic mass is 32.2. The lowest BCUT2D eigenvalue weighted by atomic mass is 10.0. The van der Waals surface area contributed by atoms with Crippen molar-refractivity contribution in [1.82, 2.24) is 0 Å². The minimum absolute atomic E-state index is 1.18. The molecule has 0 fully saturated rings. The number of benzene rings is 2. The zero-order chi connectivity index (χ0) is 15.2. The van der Waals surface area contributed by atoms with Gasteiger partial charge in [-0.05, 0) is 61.1 Å². The minimum Gasteiger partial charge on any atom is -0.0895 e. The first-order valence-corrected chi connectivity index (χ1v) is 8.83. The summed E-state index contributed by atoms with van der Waals surface area (Å²) in [5.74, 6) is 0. The Hall–Kier alpha value is -1.21. The maximum absolute atomic E-state index is 2.27. The number of hydrogen-bond acceptors (Lipinski definition) is 1. The monoisotopic (exact) mass is 298 g/mol. The van der Waals surface area contributed by atoms with Crippen LogP contribution in [-0.4, -0.2) is 0 Å². The van der Waals surface area contributed by atoms with Crippen molar-refractivity contribution in [3.8, 4) is 0 Å². The molecule has 0 aliphatic carbocycles. The largest absolute Gasteiger partial charge is 0.0895 e. The van der Waals surface area contributed by atoms with Crippen molar-refractivity contribution in [2.45, 2.75) is 63.2 Å². The molecule has 0 unspecified atom stereocenters. The third-order valence-electron chi connectivity index (χ3n) is 4.05. The third-order valence-corrected chi connectivity index (χ3v) is 5.38. The average molecular weight is 298 g/mol. The highest BCUT2D eigenvalue weighted by molar-refractivity contribution is 7.99. The van der Waals surface area contributed by atoms with Crippen LogP contribution in [-0.2, 0) is 12.8 Å².